The summed E-state index contributed by atoms with van der Waals surface area (Å²) in [6.07, 6.45) is -2.13. The van der Waals surface area contributed by atoms with Crippen LogP contribution in [0, 0.1) is 11.3 Å². The van der Waals surface area contributed by atoms with Crippen molar-refractivity contribution in [3.63, 3.8) is 0 Å². The number of benzene rings is 1. The van der Waals surface area contributed by atoms with E-state index in [1.54, 1.807) is 6.07 Å². The van der Waals surface area contributed by atoms with E-state index in [9.17, 15) is 13.2 Å². The van der Waals surface area contributed by atoms with E-state index in [0.29, 0.717) is 22.8 Å². The number of hydrogen-bond donors (Lipinski definition) is 1. The van der Waals surface area contributed by atoms with E-state index in [1.165, 1.54) is 12.5 Å². The van der Waals surface area contributed by atoms with E-state index >= 15 is 0 Å². The van der Waals surface area contributed by atoms with Crippen LogP contribution in [-0.2, 0) is 4.79 Å². The molecule has 132 valence electrons. The Kier molecular flexibility index (Phi) is 5.64. The SMILES string of the molecule is N#Cc1cnc(-c2ccon2)nc1-c1ccccc1.O=C(O)C(F)(F)F. The van der Waals surface area contributed by atoms with Crippen LogP contribution >= 0.6 is 0 Å². The van der Waals surface area contributed by atoms with Gasteiger partial charge in [0.25, 0.3) is 0 Å². The Bertz CT molecular complexity index is 920. The number of nitriles is 1. The molecular formula is C16H9F3N4O3. The van der Waals surface area contributed by atoms with Gasteiger partial charge in [0.05, 0.1) is 11.3 Å². The molecule has 0 atom stereocenters. The van der Waals surface area contributed by atoms with Crippen molar-refractivity contribution in [3.05, 3.63) is 54.4 Å². The summed E-state index contributed by atoms with van der Waals surface area (Å²) in [7, 11) is 0. The summed E-state index contributed by atoms with van der Waals surface area (Å²) in [6, 6.07) is 13.3. The van der Waals surface area contributed by atoms with Crippen molar-refractivity contribution >= 4 is 5.97 Å². The number of alkyl halides is 3. The monoisotopic (exact) mass is 362 g/mol. The largest absolute Gasteiger partial charge is 0.490 e. The highest BCUT2D eigenvalue weighted by molar-refractivity contribution is 5.73. The Labute approximate surface area is 144 Å². The fourth-order valence-corrected chi connectivity index (χ4v) is 1.73. The highest BCUT2D eigenvalue weighted by Crippen LogP contribution is 2.23. The van der Waals surface area contributed by atoms with E-state index in [0.717, 1.165) is 5.56 Å². The lowest BCUT2D eigenvalue weighted by Gasteiger charge is -2.04. The highest BCUT2D eigenvalue weighted by atomic mass is 19.4. The van der Waals surface area contributed by atoms with Crippen LogP contribution in [0.5, 0.6) is 0 Å². The summed E-state index contributed by atoms with van der Waals surface area (Å²) in [5, 5.41) is 20.1. The zero-order valence-electron chi connectivity index (χ0n) is 12.8. The normalized spacial score (nSPS) is 10.4. The third kappa shape index (κ3) is 4.64. The van der Waals surface area contributed by atoms with Crippen molar-refractivity contribution in [1.82, 2.24) is 15.1 Å². The number of aromatic nitrogens is 3. The van der Waals surface area contributed by atoms with Crippen LogP contribution < -0.4 is 0 Å². The van der Waals surface area contributed by atoms with E-state index < -0.39 is 12.1 Å². The zero-order chi connectivity index (χ0) is 19.2. The first kappa shape index (κ1) is 18.6. The van der Waals surface area contributed by atoms with Crippen LogP contribution in [0.4, 0.5) is 13.2 Å². The van der Waals surface area contributed by atoms with Crippen molar-refractivity contribution in [2.45, 2.75) is 6.18 Å². The van der Waals surface area contributed by atoms with Gasteiger partial charge in [0.1, 0.15) is 12.3 Å². The number of hydrogen-bond acceptors (Lipinski definition) is 6. The topological polar surface area (TPSA) is 113 Å². The molecule has 26 heavy (non-hydrogen) atoms. The minimum atomic E-state index is -5.08. The van der Waals surface area contributed by atoms with E-state index in [2.05, 4.69) is 21.2 Å². The molecule has 0 unspecified atom stereocenters. The predicted octanol–water partition coefficient (Wildman–Crippen LogP) is 3.30. The van der Waals surface area contributed by atoms with Crippen molar-refractivity contribution in [3.8, 4) is 28.8 Å². The molecule has 1 aromatic carbocycles. The average molecular weight is 362 g/mol. The second-order valence-corrected chi connectivity index (χ2v) is 4.62. The Balaban J connectivity index is 0.000000298. The van der Waals surface area contributed by atoms with Gasteiger partial charge in [-0.3, -0.25) is 0 Å². The lowest BCUT2D eigenvalue weighted by molar-refractivity contribution is -0.192. The van der Waals surface area contributed by atoms with Gasteiger partial charge in [-0.15, -0.1) is 0 Å². The third-order valence-corrected chi connectivity index (χ3v) is 2.87. The third-order valence-electron chi connectivity index (χ3n) is 2.87. The molecule has 0 fully saturated rings. The first-order chi connectivity index (χ1) is 12.3. The van der Waals surface area contributed by atoms with Crippen molar-refractivity contribution in [2.75, 3.05) is 0 Å². The lowest BCUT2D eigenvalue weighted by Crippen LogP contribution is -2.21. The maximum absolute atomic E-state index is 10.6. The van der Waals surface area contributed by atoms with Gasteiger partial charge >= 0.3 is 12.1 Å². The lowest BCUT2D eigenvalue weighted by atomic mass is 10.1. The van der Waals surface area contributed by atoms with Gasteiger partial charge in [-0.05, 0) is 0 Å². The minimum Gasteiger partial charge on any atom is -0.475 e. The summed E-state index contributed by atoms with van der Waals surface area (Å²) >= 11 is 0. The molecule has 3 rings (SSSR count). The number of aliphatic carboxylic acids is 1. The summed E-state index contributed by atoms with van der Waals surface area (Å²) in [5.41, 5.74) is 2.43. The molecule has 0 amide bonds. The molecule has 0 aliphatic rings. The van der Waals surface area contributed by atoms with E-state index in [1.807, 2.05) is 30.3 Å². The van der Waals surface area contributed by atoms with Gasteiger partial charge < -0.3 is 9.63 Å². The molecule has 1 N–H and O–H groups in total. The molecule has 0 spiro atoms. The standard InChI is InChI=1S/C14H8N4O.C2HF3O2/c15-8-11-9-16-14(12-6-7-19-18-12)17-13(11)10-4-2-1-3-5-10;3-2(4,5)1(6)7/h1-7,9H;(H,6,7). The Hall–Kier alpha value is -3.74. The number of nitrogens with zero attached hydrogens (tertiary/aromatic N) is 4. The van der Waals surface area contributed by atoms with E-state index in [-0.39, 0.29) is 0 Å². The molecule has 0 bridgehead atoms. The molecule has 0 aliphatic heterocycles. The van der Waals surface area contributed by atoms with E-state index in [4.69, 9.17) is 19.7 Å². The summed E-state index contributed by atoms with van der Waals surface area (Å²) in [5.74, 6) is -2.32. The number of rotatable bonds is 2. The summed E-state index contributed by atoms with van der Waals surface area (Å²) in [6.45, 7) is 0. The van der Waals surface area contributed by atoms with Crippen LogP contribution in [0.2, 0.25) is 0 Å². The van der Waals surface area contributed by atoms with Crippen LogP contribution in [-0.4, -0.2) is 32.4 Å². The Morgan fingerprint density at radius 2 is 1.85 bits per heavy atom. The molecule has 0 saturated heterocycles. The molecule has 2 aromatic heterocycles. The first-order valence-corrected chi connectivity index (χ1v) is 6.86. The highest BCUT2D eigenvalue weighted by Gasteiger charge is 2.38. The van der Waals surface area contributed by atoms with Crippen LogP contribution in [0.25, 0.3) is 22.8 Å². The molecule has 0 saturated carbocycles. The Morgan fingerprint density at radius 1 is 1.19 bits per heavy atom. The van der Waals surface area contributed by atoms with Crippen molar-refractivity contribution in [2.24, 2.45) is 0 Å². The van der Waals surface area contributed by atoms with Crippen molar-refractivity contribution in [1.29, 1.82) is 5.26 Å². The maximum atomic E-state index is 10.6. The number of carboxylic acids is 1. The molecule has 0 aliphatic carbocycles. The van der Waals surface area contributed by atoms with Gasteiger partial charge in [-0.1, -0.05) is 35.5 Å². The van der Waals surface area contributed by atoms with Crippen LogP contribution in [0.15, 0.2) is 53.4 Å². The number of carbonyl (C=O) groups is 1. The molecular weight excluding hydrogens is 353 g/mol. The second kappa shape index (κ2) is 7.89. The summed E-state index contributed by atoms with van der Waals surface area (Å²) < 4.78 is 36.5. The van der Waals surface area contributed by atoms with Crippen LogP contribution in [0.1, 0.15) is 5.56 Å². The maximum Gasteiger partial charge on any atom is 0.490 e. The van der Waals surface area contributed by atoms with Gasteiger partial charge in [0.2, 0.25) is 0 Å². The zero-order valence-corrected chi connectivity index (χ0v) is 12.8. The molecule has 2 heterocycles. The average Bonchev–Trinajstić information content (AvgIpc) is 3.16. The van der Waals surface area contributed by atoms with Crippen LogP contribution in [0.3, 0.4) is 0 Å². The summed E-state index contributed by atoms with van der Waals surface area (Å²) in [4.78, 5) is 17.4. The van der Waals surface area contributed by atoms with Gasteiger partial charge in [0, 0.05) is 17.8 Å². The predicted molar refractivity (Wildman–Crippen MR) is 81.4 cm³/mol. The Morgan fingerprint density at radius 3 is 2.35 bits per heavy atom. The quantitative estimate of drug-likeness (QED) is 0.744. The second-order valence-electron chi connectivity index (χ2n) is 4.62. The van der Waals surface area contributed by atoms with Gasteiger partial charge in [-0.25, -0.2) is 14.8 Å². The number of carboxylic acid groups (broad SMARTS) is 1. The molecule has 3 aromatic rings. The number of halogens is 3. The molecule has 7 nitrogen and oxygen atoms in total. The first-order valence-electron chi connectivity index (χ1n) is 6.86. The van der Waals surface area contributed by atoms with Crippen molar-refractivity contribution < 1.29 is 27.6 Å². The van der Waals surface area contributed by atoms with Gasteiger partial charge in [0.15, 0.2) is 11.5 Å². The molecule has 10 heteroatoms. The smallest absolute Gasteiger partial charge is 0.475 e. The molecule has 0 radical (unpaired) electrons. The minimum absolute atomic E-state index is 0.429. The fraction of sp³-hybridized carbons (Fsp3) is 0.0625. The van der Waals surface area contributed by atoms with Gasteiger partial charge in [-0.2, -0.15) is 18.4 Å². The fourth-order valence-electron chi connectivity index (χ4n) is 1.73.